The summed E-state index contributed by atoms with van der Waals surface area (Å²) in [6, 6.07) is 3.71. The van der Waals surface area contributed by atoms with Gasteiger partial charge in [-0.15, -0.1) is 0 Å². The number of carbonyl (C=O) groups excluding carboxylic acids is 1. The predicted molar refractivity (Wildman–Crippen MR) is 83.1 cm³/mol. The van der Waals surface area contributed by atoms with E-state index in [4.69, 9.17) is 5.11 Å². The standard InChI is InChI=1S/C14H13BrN2O5/c1-6(14(21)22)16-12(19)10-11(18)8-5-7(15)3-4-9(8)17(2)13(10)20/h3-6,18H,1-2H3,(H,16,19)(H,21,22). The van der Waals surface area contributed by atoms with E-state index in [0.29, 0.717) is 15.4 Å². The van der Waals surface area contributed by atoms with Crippen molar-refractivity contribution in [3.8, 4) is 5.75 Å². The maximum Gasteiger partial charge on any atom is 0.325 e. The number of fused-ring (bicyclic) bond motifs is 1. The van der Waals surface area contributed by atoms with Gasteiger partial charge in [0.2, 0.25) is 0 Å². The van der Waals surface area contributed by atoms with Crippen molar-refractivity contribution in [1.82, 2.24) is 9.88 Å². The van der Waals surface area contributed by atoms with Gasteiger partial charge in [0.25, 0.3) is 11.5 Å². The second-order valence-corrected chi connectivity index (χ2v) is 5.70. The van der Waals surface area contributed by atoms with Crippen LogP contribution in [-0.2, 0) is 11.8 Å². The van der Waals surface area contributed by atoms with Gasteiger partial charge < -0.3 is 20.1 Å². The number of benzene rings is 1. The second-order valence-electron chi connectivity index (χ2n) is 4.78. The highest BCUT2D eigenvalue weighted by Gasteiger charge is 2.24. The zero-order valence-electron chi connectivity index (χ0n) is 11.8. The van der Waals surface area contributed by atoms with Crippen LogP contribution in [0.25, 0.3) is 10.9 Å². The van der Waals surface area contributed by atoms with Crippen molar-refractivity contribution in [3.63, 3.8) is 0 Å². The van der Waals surface area contributed by atoms with Crippen molar-refractivity contribution in [1.29, 1.82) is 0 Å². The Hall–Kier alpha value is -2.35. The number of aromatic nitrogens is 1. The topological polar surface area (TPSA) is 109 Å². The summed E-state index contributed by atoms with van der Waals surface area (Å²) in [5.41, 5.74) is -0.739. The lowest BCUT2D eigenvalue weighted by molar-refractivity contribution is -0.138. The molecule has 1 aromatic heterocycles. The van der Waals surface area contributed by atoms with Gasteiger partial charge >= 0.3 is 5.97 Å². The lowest BCUT2D eigenvalue weighted by Gasteiger charge is -2.13. The fraction of sp³-hybridized carbons (Fsp3) is 0.214. The number of amides is 1. The molecule has 3 N–H and O–H groups in total. The zero-order chi connectivity index (χ0) is 16.6. The average molecular weight is 369 g/mol. The summed E-state index contributed by atoms with van der Waals surface area (Å²) < 4.78 is 1.89. The number of carbonyl (C=O) groups is 2. The van der Waals surface area contributed by atoms with Crippen LogP contribution in [0.5, 0.6) is 5.75 Å². The molecule has 1 aromatic carbocycles. The predicted octanol–water partition coefficient (Wildman–Crippen LogP) is 1.21. The van der Waals surface area contributed by atoms with Crippen LogP contribution in [-0.4, -0.2) is 32.7 Å². The number of hydrogen-bond donors (Lipinski definition) is 3. The van der Waals surface area contributed by atoms with Gasteiger partial charge in [-0.1, -0.05) is 15.9 Å². The summed E-state index contributed by atoms with van der Waals surface area (Å²) in [4.78, 5) is 35.2. The molecule has 0 bridgehead atoms. The first-order valence-corrected chi connectivity index (χ1v) is 7.08. The molecule has 2 rings (SSSR count). The van der Waals surface area contributed by atoms with E-state index < -0.39 is 34.8 Å². The Morgan fingerprint density at radius 3 is 2.59 bits per heavy atom. The summed E-state index contributed by atoms with van der Waals surface area (Å²) in [5.74, 6) is -2.66. The van der Waals surface area contributed by atoms with Gasteiger partial charge in [0.05, 0.1) is 5.52 Å². The smallest absolute Gasteiger partial charge is 0.325 e. The third-order valence-electron chi connectivity index (χ3n) is 3.28. The van der Waals surface area contributed by atoms with Gasteiger partial charge in [-0.3, -0.25) is 14.4 Å². The molecule has 0 saturated carbocycles. The SMILES string of the molecule is CC(NC(=O)c1c(O)c2cc(Br)ccc2n(C)c1=O)C(=O)O. The van der Waals surface area contributed by atoms with Crippen LogP contribution < -0.4 is 10.9 Å². The number of pyridine rings is 1. The zero-order valence-corrected chi connectivity index (χ0v) is 13.3. The van der Waals surface area contributed by atoms with E-state index in [1.165, 1.54) is 18.5 Å². The minimum absolute atomic E-state index is 0.310. The minimum atomic E-state index is -1.24. The van der Waals surface area contributed by atoms with Crippen LogP contribution in [0, 0.1) is 0 Å². The largest absolute Gasteiger partial charge is 0.506 e. The first kappa shape index (κ1) is 16.0. The number of hydrogen-bond acceptors (Lipinski definition) is 4. The molecule has 0 fully saturated rings. The summed E-state index contributed by atoms with van der Waals surface area (Å²) in [7, 11) is 1.47. The number of halogens is 1. The first-order valence-electron chi connectivity index (χ1n) is 6.29. The van der Waals surface area contributed by atoms with E-state index >= 15 is 0 Å². The van der Waals surface area contributed by atoms with E-state index in [-0.39, 0.29) is 0 Å². The number of carboxylic acids is 1. The minimum Gasteiger partial charge on any atom is -0.506 e. The molecular formula is C14H13BrN2O5. The summed E-state index contributed by atoms with van der Waals surface area (Å²) in [5, 5.41) is 21.5. The van der Waals surface area contributed by atoms with Gasteiger partial charge in [0, 0.05) is 16.9 Å². The Labute approximate surface area is 133 Å². The van der Waals surface area contributed by atoms with Gasteiger partial charge in [0.15, 0.2) is 0 Å². The molecule has 0 saturated heterocycles. The second kappa shape index (κ2) is 5.80. The number of carboxylic acid groups (broad SMARTS) is 1. The molecule has 2 aromatic rings. The highest BCUT2D eigenvalue weighted by molar-refractivity contribution is 9.10. The molecule has 116 valence electrons. The lowest BCUT2D eigenvalue weighted by Crippen LogP contribution is -2.41. The van der Waals surface area contributed by atoms with Crippen LogP contribution in [0.4, 0.5) is 0 Å². The number of aromatic hydroxyl groups is 1. The quantitative estimate of drug-likeness (QED) is 0.754. The van der Waals surface area contributed by atoms with Crippen molar-refractivity contribution in [2.75, 3.05) is 0 Å². The molecular weight excluding hydrogens is 356 g/mol. The van der Waals surface area contributed by atoms with E-state index in [1.54, 1.807) is 18.2 Å². The molecule has 0 aliphatic heterocycles. The Balaban J connectivity index is 2.66. The maximum atomic E-state index is 12.3. The van der Waals surface area contributed by atoms with Crippen LogP contribution >= 0.6 is 15.9 Å². The molecule has 1 atom stereocenters. The molecule has 0 spiro atoms. The van der Waals surface area contributed by atoms with Gasteiger partial charge in [-0.05, 0) is 25.1 Å². The lowest BCUT2D eigenvalue weighted by atomic mass is 10.1. The van der Waals surface area contributed by atoms with E-state index in [9.17, 15) is 19.5 Å². The Morgan fingerprint density at radius 2 is 2.00 bits per heavy atom. The molecule has 0 aliphatic rings. The highest BCUT2D eigenvalue weighted by atomic mass is 79.9. The Kier molecular flexibility index (Phi) is 4.23. The average Bonchev–Trinajstić information content (AvgIpc) is 2.44. The number of rotatable bonds is 3. The van der Waals surface area contributed by atoms with Crippen molar-refractivity contribution in [2.45, 2.75) is 13.0 Å². The maximum absolute atomic E-state index is 12.3. The molecule has 7 nitrogen and oxygen atoms in total. The van der Waals surface area contributed by atoms with Gasteiger partial charge in [-0.2, -0.15) is 0 Å². The number of aliphatic carboxylic acids is 1. The molecule has 22 heavy (non-hydrogen) atoms. The monoisotopic (exact) mass is 368 g/mol. The molecule has 0 aliphatic carbocycles. The van der Waals surface area contributed by atoms with Crippen LogP contribution in [0.1, 0.15) is 17.3 Å². The van der Waals surface area contributed by atoms with Gasteiger partial charge in [-0.25, -0.2) is 0 Å². The molecule has 8 heteroatoms. The van der Waals surface area contributed by atoms with E-state index in [1.807, 2.05) is 0 Å². The molecule has 1 unspecified atom stereocenters. The van der Waals surface area contributed by atoms with Crippen LogP contribution in [0.15, 0.2) is 27.5 Å². The van der Waals surface area contributed by atoms with E-state index in [2.05, 4.69) is 21.2 Å². The van der Waals surface area contributed by atoms with Gasteiger partial charge in [0.1, 0.15) is 17.4 Å². The summed E-state index contributed by atoms with van der Waals surface area (Å²) >= 11 is 3.25. The van der Waals surface area contributed by atoms with Crippen molar-refractivity contribution in [3.05, 3.63) is 38.6 Å². The van der Waals surface area contributed by atoms with Crippen molar-refractivity contribution >= 4 is 38.7 Å². The Morgan fingerprint density at radius 1 is 1.36 bits per heavy atom. The van der Waals surface area contributed by atoms with Crippen molar-refractivity contribution in [2.24, 2.45) is 7.05 Å². The summed E-state index contributed by atoms with van der Waals surface area (Å²) in [6.07, 6.45) is 0. The fourth-order valence-electron chi connectivity index (χ4n) is 2.04. The number of nitrogens with one attached hydrogen (secondary N) is 1. The normalized spacial score (nSPS) is 12.1. The van der Waals surface area contributed by atoms with Crippen LogP contribution in [0.2, 0.25) is 0 Å². The fourth-order valence-corrected chi connectivity index (χ4v) is 2.40. The first-order chi connectivity index (χ1) is 10.2. The Bertz CT molecular complexity index is 843. The summed E-state index contributed by atoms with van der Waals surface area (Å²) in [6.45, 7) is 1.26. The molecule has 1 heterocycles. The van der Waals surface area contributed by atoms with Crippen LogP contribution in [0.3, 0.4) is 0 Å². The van der Waals surface area contributed by atoms with Crippen molar-refractivity contribution < 1.29 is 19.8 Å². The number of nitrogens with zero attached hydrogens (tertiary/aromatic N) is 1. The van der Waals surface area contributed by atoms with E-state index in [0.717, 1.165) is 0 Å². The molecule has 0 radical (unpaired) electrons. The number of aryl methyl sites for hydroxylation is 1. The third-order valence-corrected chi connectivity index (χ3v) is 3.77. The highest BCUT2D eigenvalue weighted by Crippen LogP contribution is 2.28. The third kappa shape index (κ3) is 2.69. The molecule has 1 amide bonds.